The summed E-state index contributed by atoms with van der Waals surface area (Å²) in [5.74, 6) is 0. The summed E-state index contributed by atoms with van der Waals surface area (Å²) in [6, 6.07) is 0. The van der Waals surface area contributed by atoms with Gasteiger partial charge in [0, 0.05) is 0 Å². The molecule has 0 aromatic carbocycles. The fourth-order valence-corrected chi connectivity index (χ4v) is 0. The second-order valence-corrected chi connectivity index (χ2v) is 0. The maximum Gasteiger partial charge on any atom is 3.00 e. The van der Waals surface area contributed by atoms with Gasteiger partial charge in [-0.05, 0) is 0 Å². The first-order chi connectivity index (χ1) is 0. The molecule has 0 unspecified atom stereocenters. The average molecular weight is 276 g/mol. The average Bonchev–Trinajstić information content (AvgIpc) is 0. The van der Waals surface area contributed by atoms with Crippen molar-refractivity contribution in [2.24, 2.45) is 0 Å². The van der Waals surface area contributed by atoms with Crippen LogP contribution in [-0.4, -0.2) is 25.8 Å². The molecule has 4 heteroatoms. The van der Waals surface area contributed by atoms with Crippen molar-refractivity contribution in [2.75, 3.05) is 0 Å². The molecule has 0 saturated heterocycles. The van der Waals surface area contributed by atoms with Crippen molar-refractivity contribution in [3.05, 3.63) is 0 Å². The molecule has 0 atom stereocenters. The predicted octanol–water partition coefficient (Wildman–Crippen LogP) is -0.388. The monoisotopic (exact) mass is 274 g/mol. The largest absolute Gasteiger partial charge is 3.00 e. The van der Waals surface area contributed by atoms with Crippen LogP contribution >= 0.6 is 0 Å². The summed E-state index contributed by atoms with van der Waals surface area (Å²) >= 11 is 0. The minimum atomic E-state index is 0. The van der Waals surface area contributed by atoms with Crippen molar-refractivity contribution in [3.63, 3.8) is 0 Å². The first-order valence-corrected chi connectivity index (χ1v) is 0. The molecule has 17 valence electrons. The first kappa shape index (κ1) is 32.8. The Hall–Kier alpha value is 2.36. The summed E-state index contributed by atoms with van der Waals surface area (Å²) < 4.78 is 0. The molecule has 0 saturated carbocycles. The van der Waals surface area contributed by atoms with Crippen LogP contribution in [0.4, 0.5) is 0 Å². The Bertz CT molecular complexity index is 8.00. The van der Waals surface area contributed by atoms with Gasteiger partial charge in [-0.15, -0.1) is 0 Å². The third kappa shape index (κ3) is 8.84. The second-order valence-electron chi connectivity index (χ2n) is 0. The van der Waals surface area contributed by atoms with Gasteiger partial charge in [0.2, 0.25) is 0 Å². The number of rotatable bonds is 0. The Kier molecular flexibility index (Phi) is 150. The zero-order valence-electron chi connectivity index (χ0n) is 1.99. The van der Waals surface area contributed by atoms with Gasteiger partial charge in [-0.2, -0.15) is 0 Å². The van der Waals surface area contributed by atoms with Gasteiger partial charge >= 0.3 is 62.4 Å². The van der Waals surface area contributed by atoms with Crippen LogP contribution < -0.4 is 0 Å². The van der Waals surface area contributed by atoms with Gasteiger partial charge in [-0.3, -0.25) is 0 Å². The molecule has 0 aliphatic rings. The molecule has 0 aromatic rings. The molecule has 0 aliphatic carbocycles. The van der Waals surface area contributed by atoms with Crippen molar-refractivity contribution in [1.82, 2.24) is 0 Å². The van der Waals surface area contributed by atoms with E-state index in [4.69, 9.17) is 0 Å². The minimum absolute atomic E-state index is 0. The molecule has 0 amide bonds. The van der Waals surface area contributed by atoms with Crippen LogP contribution in [-0.2, 0) is 50.0 Å². The number of hydrogen-bond acceptors (Lipinski definition) is 0. The third-order valence-corrected chi connectivity index (χ3v) is 0. The second kappa shape index (κ2) is 18.3. The molecule has 0 N–H and O–H groups in total. The Labute approximate surface area is 74.9 Å². The Balaban J connectivity index is 0. The van der Waals surface area contributed by atoms with Crippen LogP contribution in [0.2, 0.25) is 0 Å². The van der Waals surface area contributed by atoms with Crippen molar-refractivity contribution in [1.29, 1.82) is 0 Å². The van der Waals surface area contributed by atoms with Gasteiger partial charge in [0.15, 0.2) is 0 Å². The summed E-state index contributed by atoms with van der Waals surface area (Å²) in [7, 11) is 0. The SMILES string of the molecule is [Cu+2].[In+3].[S-2].[Zn+2]. The van der Waals surface area contributed by atoms with Crippen LogP contribution in [0.25, 0.3) is 0 Å². The van der Waals surface area contributed by atoms with E-state index in [-0.39, 0.29) is 75.9 Å². The van der Waals surface area contributed by atoms with Crippen LogP contribution in [0.1, 0.15) is 0 Å². The molecular weight excluding hydrogens is 276 g/mol. The molecule has 0 nitrogen and oxygen atoms in total. The van der Waals surface area contributed by atoms with Crippen LogP contribution in [0.3, 0.4) is 0 Å². The molecule has 1 radical (unpaired) electrons. The quantitative estimate of drug-likeness (QED) is 0.529. The third-order valence-electron chi connectivity index (χ3n) is 0. The summed E-state index contributed by atoms with van der Waals surface area (Å²) in [6.45, 7) is 0. The van der Waals surface area contributed by atoms with Crippen LogP contribution in [0.15, 0.2) is 0 Å². The van der Waals surface area contributed by atoms with E-state index in [0.29, 0.717) is 0 Å². The normalized spacial score (nSPS) is 0. The minimum Gasteiger partial charge on any atom is -2.00 e. The van der Waals surface area contributed by atoms with Crippen molar-refractivity contribution in [2.45, 2.75) is 0 Å². The summed E-state index contributed by atoms with van der Waals surface area (Å²) in [4.78, 5) is 0. The Morgan fingerprint density at radius 2 is 1.00 bits per heavy atom. The fraction of sp³-hybridized carbons (Fsp3) is 0. The predicted molar refractivity (Wildman–Crippen MR) is 13.1 cm³/mol. The van der Waals surface area contributed by atoms with Gasteiger partial charge in [0.05, 0.1) is 0 Å². The van der Waals surface area contributed by atoms with E-state index >= 15 is 0 Å². The molecule has 0 aliphatic heterocycles. The summed E-state index contributed by atoms with van der Waals surface area (Å²) in [5.41, 5.74) is 0. The van der Waals surface area contributed by atoms with E-state index < -0.39 is 0 Å². The van der Waals surface area contributed by atoms with E-state index in [1.807, 2.05) is 0 Å². The molecule has 0 heterocycles. The zero-order chi connectivity index (χ0) is 0. The summed E-state index contributed by atoms with van der Waals surface area (Å²) in [6.07, 6.45) is 0. The van der Waals surface area contributed by atoms with E-state index in [0.717, 1.165) is 0 Å². The van der Waals surface area contributed by atoms with Crippen molar-refractivity contribution < 1.29 is 36.5 Å². The molecule has 0 rings (SSSR count). The molecular formula is CuInSZn+5. The summed E-state index contributed by atoms with van der Waals surface area (Å²) in [5, 5.41) is 0. The molecule has 4 heavy (non-hydrogen) atoms. The van der Waals surface area contributed by atoms with Gasteiger partial charge in [-0.25, -0.2) is 0 Å². The van der Waals surface area contributed by atoms with Crippen molar-refractivity contribution >= 4 is 39.3 Å². The number of hydrogen-bond donors (Lipinski definition) is 0. The van der Waals surface area contributed by atoms with E-state index in [2.05, 4.69) is 0 Å². The smallest absolute Gasteiger partial charge is 2.00 e. The molecule has 0 fully saturated rings. The van der Waals surface area contributed by atoms with Crippen molar-refractivity contribution in [3.8, 4) is 0 Å². The van der Waals surface area contributed by atoms with Gasteiger partial charge in [0.25, 0.3) is 0 Å². The first-order valence-electron chi connectivity index (χ1n) is 0. The van der Waals surface area contributed by atoms with E-state index in [1.54, 1.807) is 0 Å². The molecule has 0 spiro atoms. The topological polar surface area (TPSA) is 0 Å². The van der Waals surface area contributed by atoms with Crippen LogP contribution in [0, 0.1) is 0 Å². The Morgan fingerprint density at radius 3 is 1.00 bits per heavy atom. The molecule has 0 bridgehead atoms. The van der Waals surface area contributed by atoms with Gasteiger partial charge < -0.3 is 13.5 Å². The Morgan fingerprint density at radius 1 is 1.00 bits per heavy atom. The zero-order valence-corrected chi connectivity index (χ0v) is 10.0. The molecule has 0 aromatic heterocycles. The van der Waals surface area contributed by atoms with E-state index in [1.165, 1.54) is 0 Å². The standard InChI is InChI=1S/Cu.In.S.Zn/q+2;+3;-2;+2. The van der Waals surface area contributed by atoms with Gasteiger partial charge in [-0.1, -0.05) is 0 Å². The van der Waals surface area contributed by atoms with E-state index in [9.17, 15) is 0 Å². The van der Waals surface area contributed by atoms with Gasteiger partial charge in [0.1, 0.15) is 0 Å². The maximum absolute atomic E-state index is 0. The fourth-order valence-electron chi connectivity index (χ4n) is 0. The van der Waals surface area contributed by atoms with Crippen LogP contribution in [0.5, 0.6) is 0 Å². The maximum atomic E-state index is 0.